The third-order valence-corrected chi connectivity index (χ3v) is 5.72. The Morgan fingerprint density at radius 2 is 1.78 bits per heavy atom. The minimum Gasteiger partial charge on any atom is -0.301 e. The number of aryl methyl sites for hydroxylation is 2. The van der Waals surface area contributed by atoms with Gasteiger partial charge in [-0.15, -0.1) is 0 Å². The van der Waals surface area contributed by atoms with Gasteiger partial charge in [0.2, 0.25) is 0 Å². The second kappa shape index (κ2) is 6.25. The van der Waals surface area contributed by atoms with Gasteiger partial charge in [0.15, 0.2) is 0 Å². The monoisotopic (exact) mass is 376 g/mol. The molecule has 0 spiro atoms. The normalized spacial score (nSPS) is 14.2. The van der Waals surface area contributed by atoms with E-state index < -0.39 is 0 Å². The molecule has 2 aromatic carbocycles. The molecule has 5 heteroatoms. The second-order valence-corrected chi connectivity index (χ2v) is 7.75. The third-order valence-electron chi connectivity index (χ3n) is 5.48. The largest absolute Gasteiger partial charge is 0.301 e. The lowest BCUT2D eigenvalue weighted by Gasteiger charge is -2.17. The van der Waals surface area contributed by atoms with Crippen LogP contribution < -0.4 is 0 Å². The smallest absolute Gasteiger partial charge is 0.139 e. The van der Waals surface area contributed by atoms with Crippen molar-refractivity contribution < 1.29 is 0 Å². The molecule has 1 aliphatic heterocycles. The van der Waals surface area contributed by atoms with Crippen LogP contribution >= 0.6 is 11.6 Å². The van der Waals surface area contributed by atoms with E-state index in [9.17, 15) is 0 Å². The Balaban J connectivity index is 1.55. The van der Waals surface area contributed by atoms with Crippen LogP contribution in [0.2, 0.25) is 5.02 Å². The van der Waals surface area contributed by atoms with Gasteiger partial charge in [-0.2, -0.15) is 5.10 Å². The molecule has 0 aliphatic carbocycles. The fraction of sp³-hybridized carbons (Fsp3) is 0.227. The maximum atomic E-state index is 6.16. The molecular formula is C22H21ClN4. The van der Waals surface area contributed by atoms with Crippen molar-refractivity contribution in [1.82, 2.24) is 19.2 Å². The maximum Gasteiger partial charge on any atom is 0.139 e. The van der Waals surface area contributed by atoms with E-state index in [1.54, 1.807) is 0 Å². The van der Waals surface area contributed by atoms with Crippen LogP contribution in [0.1, 0.15) is 22.4 Å². The number of nitrogens with zero attached hydrogens (tertiary/aromatic N) is 4. The zero-order valence-electron chi connectivity index (χ0n) is 15.5. The lowest BCUT2D eigenvalue weighted by atomic mass is 10.1. The van der Waals surface area contributed by atoms with Crippen molar-refractivity contribution in [3.8, 4) is 5.82 Å². The summed E-state index contributed by atoms with van der Waals surface area (Å²) < 4.78 is 4.21. The van der Waals surface area contributed by atoms with Crippen molar-refractivity contribution in [3.63, 3.8) is 0 Å². The lowest BCUT2D eigenvalue weighted by Crippen LogP contribution is -2.17. The molecule has 27 heavy (non-hydrogen) atoms. The van der Waals surface area contributed by atoms with Gasteiger partial charge in [-0.25, -0.2) is 0 Å². The first-order valence-corrected chi connectivity index (χ1v) is 9.56. The first-order chi connectivity index (χ1) is 13.1. The summed E-state index contributed by atoms with van der Waals surface area (Å²) in [5, 5.41) is 6.63. The molecule has 0 radical (unpaired) electrons. The molecule has 136 valence electrons. The van der Waals surface area contributed by atoms with Gasteiger partial charge in [0, 0.05) is 48.9 Å². The second-order valence-electron chi connectivity index (χ2n) is 7.31. The summed E-state index contributed by atoms with van der Waals surface area (Å²) in [4.78, 5) is 2.49. The summed E-state index contributed by atoms with van der Waals surface area (Å²) in [5.74, 6) is 1.13. The molecule has 4 aromatic rings. The number of hydrogen-bond donors (Lipinski definition) is 0. The van der Waals surface area contributed by atoms with E-state index in [1.165, 1.54) is 16.7 Å². The number of hydrogen-bond acceptors (Lipinski definition) is 2. The molecule has 1 aliphatic rings. The van der Waals surface area contributed by atoms with E-state index in [0.29, 0.717) is 0 Å². The highest BCUT2D eigenvalue weighted by atomic mass is 35.5. The minimum absolute atomic E-state index is 0.761. The molecule has 3 heterocycles. The van der Waals surface area contributed by atoms with Crippen LogP contribution in [-0.2, 0) is 26.7 Å². The summed E-state index contributed by atoms with van der Waals surface area (Å²) >= 11 is 6.16. The van der Waals surface area contributed by atoms with E-state index in [0.717, 1.165) is 47.1 Å². The zero-order chi connectivity index (χ0) is 18.5. The molecule has 5 rings (SSSR count). The number of halogens is 1. The van der Waals surface area contributed by atoms with Gasteiger partial charge in [-0.3, -0.25) is 9.58 Å². The average Bonchev–Trinajstić information content (AvgIpc) is 3.30. The quantitative estimate of drug-likeness (QED) is 0.511. The molecule has 0 bridgehead atoms. The van der Waals surface area contributed by atoms with Crippen molar-refractivity contribution in [3.05, 3.63) is 82.1 Å². The molecular weight excluding hydrogens is 356 g/mol. The van der Waals surface area contributed by atoms with Crippen LogP contribution in [0.4, 0.5) is 0 Å². The van der Waals surface area contributed by atoms with Crippen LogP contribution in [0.25, 0.3) is 16.7 Å². The molecule has 0 N–H and O–H groups in total. The predicted molar refractivity (Wildman–Crippen MR) is 109 cm³/mol. The highest BCUT2D eigenvalue weighted by Crippen LogP contribution is 2.30. The molecule has 0 amide bonds. The summed E-state index contributed by atoms with van der Waals surface area (Å²) in [6, 6.07) is 16.9. The van der Waals surface area contributed by atoms with Crippen molar-refractivity contribution in [1.29, 1.82) is 0 Å². The van der Waals surface area contributed by atoms with Crippen molar-refractivity contribution >= 4 is 22.5 Å². The molecule has 2 aromatic heterocycles. The van der Waals surface area contributed by atoms with E-state index in [-0.39, 0.29) is 0 Å². The van der Waals surface area contributed by atoms with Crippen LogP contribution in [-0.4, -0.2) is 19.2 Å². The first-order valence-electron chi connectivity index (χ1n) is 9.19. The fourth-order valence-corrected chi connectivity index (χ4v) is 4.39. The van der Waals surface area contributed by atoms with Crippen LogP contribution in [0.15, 0.2) is 54.7 Å². The lowest BCUT2D eigenvalue weighted by molar-refractivity contribution is 0.274. The highest BCUT2D eigenvalue weighted by Gasteiger charge is 2.23. The number of fused-ring (bicyclic) bond motifs is 2. The third kappa shape index (κ3) is 2.76. The minimum atomic E-state index is 0.761. The number of rotatable bonds is 3. The Kier molecular flexibility index (Phi) is 3.85. The number of benzene rings is 2. The average molecular weight is 377 g/mol. The van der Waals surface area contributed by atoms with E-state index >= 15 is 0 Å². The molecule has 0 saturated carbocycles. The van der Waals surface area contributed by atoms with Crippen molar-refractivity contribution in [2.24, 2.45) is 7.05 Å². The Morgan fingerprint density at radius 3 is 2.52 bits per heavy atom. The van der Waals surface area contributed by atoms with Gasteiger partial charge in [0.1, 0.15) is 5.82 Å². The SMILES string of the molecule is Cc1nn(C)c(-n2ccc3cc(Cl)ccc32)c1CN1Cc2ccccc2C1. The Bertz CT molecular complexity index is 1130. The van der Waals surface area contributed by atoms with Gasteiger partial charge < -0.3 is 4.57 Å². The Morgan fingerprint density at radius 1 is 1.04 bits per heavy atom. The summed E-state index contributed by atoms with van der Waals surface area (Å²) in [6.07, 6.45) is 2.11. The van der Waals surface area contributed by atoms with Gasteiger partial charge in [-0.1, -0.05) is 35.9 Å². The van der Waals surface area contributed by atoms with Gasteiger partial charge in [0.25, 0.3) is 0 Å². The first kappa shape index (κ1) is 16.6. The topological polar surface area (TPSA) is 26.0 Å². The van der Waals surface area contributed by atoms with E-state index in [2.05, 4.69) is 59.0 Å². The van der Waals surface area contributed by atoms with E-state index in [1.807, 2.05) is 23.9 Å². The Labute approximate surface area is 163 Å². The van der Waals surface area contributed by atoms with Crippen LogP contribution in [0.5, 0.6) is 0 Å². The standard InChI is InChI=1S/C22H21ClN4/c1-15-20(14-26-12-17-5-3-4-6-18(17)13-26)22(25(2)24-15)27-10-9-16-11-19(23)7-8-21(16)27/h3-11H,12-14H2,1-2H3. The summed E-state index contributed by atoms with van der Waals surface area (Å²) in [5.41, 5.74) is 6.37. The van der Waals surface area contributed by atoms with Gasteiger partial charge in [-0.05, 0) is 42.3 Å². The summed E-state index contributed by atoms with van der Waals surface area (Å²) in [6.45, 7) is 4.97. The zero-order valence-corrected chi connectivity index (χ0v) is 16.2. The van der Waals surface area contributed by atoms with Gasteiger partial charge in [0.05, 0.1) is 11.2 Å². The highest BCUT2D eigenvalue weighted by molar-refractivity contribution is 6.31. The molecule has 0 unspecified atom stereocenters. The molecule has 4 nitrogen and oxygen atoms in total. The van der Waals surface area contributed by atoms with Crippen molar-refractivity contribution in [2.75, 3.05) is 0 Å². The molecule has 0 fully saturated rings. The van der Waals surface area contributed by atoms with Crippen LogP contribution in [0, 0.1) is 6.92 Å². The molecule has 0 atom stereocenters. The van der Waals surface area contributed by atoms with E-state index in [4.69, 9.17) is 16.7 Å². The molecule has 0 saturated heterocycles. The number of aromatic nitrogens is 3. The predicted octanol–water partition coefficient (Wildman–Crippen LogP) is 4.84. The Hall–Kier alpha value is -2.56. The van der Waals surface area contributed by atoms with Crippen molar-refractivity contribution in [2.45, 2.75) is 26.6 Å². The van der Waals surface area contributed by atoms with Crippen LogP contribution in [0.3, 0.4) is 0 Å². The fourth-order valence-electron chi connectivity index (χ4n) is 4.21. The summed E-state index contributed by atoms with van der Waals surface area (Å²) in [7, 11) is 2.02. The maximum absolute atomic E-state index is 6.16. The van der Waals surface area contributed by atoms with Gasteiger partial charge >= 0.3 is 0 Å².